The molecule has 26 heavy (non-hydrogen) atoms. The molecule has 1 saturated heterocycles. The van der Waals surface area contributed by atoms with E-state index in [0.29, 0.717) is 11.2 Å². The van der Waals surface area contributed by atoms with Crippen LogP contribution in [0.5, 0.6) is 5.75 Å². The minimum atomic E-state index is 0.293. The van der Waals surface area contributed by atoms with Gasteiger partial charge in [0.15, 0.2) is 5.11 Å². The van der Waals surface area contributed by atoms with Crippen LogP contribution < -0.4 is 20.3 Å². The molecule has 3 N–H and O–H groups in total. The van der Waals surface area contributed by atoms with Gasteiger partial charge in [-0.3, -0.25) is 0 Å². The Morgan fingerprint density at radius 2 is 1.85 bits per heavy atom. The Hall–Kier alpha value is -1.82. The Kier molecular flexibility index (Phi) is 6.72. The molecule has 4 nitrogen and oxygen atoms in total. The van der Waals surface area contributed by atoms with E-state index in [9.17, 15) is 0 Å². The van der Waals surface area contributed by atoms with E-state index >= 15 is 0 Å². The Morgan fingerprint density at radius 3 is 2.50 bits per heavy atom. The fourth-order valence-electron chi connectivity index (χ4n) is 3.45. The molecule has 1 aliphatic rings. The normalized spacial score (nSPS) is 15.5. The van der Waals surface area contributed by atoms with Crippen molar-refractivity contribution < 1.29 is 9.64 Å². The van der Waals surface area contributed by atoms with Crippen LogP contribution in [-0.2, 0) is 0 Å². The molecule has 1 aliphatic heterocycles. The number of rotatable bonds is 6. The molecule has 1 atom stereocenters. The Balaban J connectivity index is 1.63. The zero-order valence-corrected chi connectivity index (χ0v) is 16.5. The summed E-state index contributed by atoms with van der Waals surface area (Å²) in [6.07, 6.45) is 2.54. The quantitative estimate of drug-likeness (QED) is 0.663. The molecular weight excluding hydrogens is 366 g/mol. The van der Waals surface area contributed by atoms with Crippen LogP contribution in [0.15, 0.2) is 48.5 Å². The van der Waals surface area contributed by atoms with E-state index in [1.54, 1.807) is 12.0 Å². The van der Waals surface area contributed by atoms with E-state index < -0.39 is 0 Å². The molecule has 0 spiro atoms. The number of hydrogen-bond donors (Lipinski definition) is 3. The molecule has 1 heterocycles. The monoisotopic (exact) mass is 390 g/mol. The zero-order chi connectivity index (χ0) is 18.4. The van der Waals surface area contributed by atoms with Crippen molar-refractivity contribution in [2.24, 2.45) is 0 Å². The molecule has 0 saturated carbocycles. The summed E-state index contributed by atoms with van der Waals surface area (Å²) in [4.78, 5) is 1.57. The van der Waals surface area contributed by atoms with E-state index in [-0.39, 0.29) is 0 Å². The number of methoxy groups -OCH3 is 1. The van der Waals surface area contributed by atoms with E-state index in [4.69, 9.17) is 28.6 Å². The van der Waals surface area contributed by atoms with Gasteiger partial charge in [0.1, 0.15) is 11.8 Å². The third-order valence-electron chi connectivity index (χ3n) is 4.83. The predicted octanol–water partition coefficient (Wildman–Crippen LogP) is 3.06. The van der Waals surface area contributed by atoms with Crippen molar-refractivity contribution >= 4 is 34.6 Å². The molecule has 138 valence electrons. The van der Waals surface area contributed by atoms with E-state index in [2.05, 4.69) is 22.8 Å². The van der Waals surface area contributed by atoms with Crippen molar-refractivity contribution in [3.63, 3.8) is 0 Å². The summed E-state index contributed by atoms with van der Waals surface area (Å²) in [5, 5.41) is 8.04. The summed E-state index contributed by atoms with van der Waals surface area (Å²) < 4.78 is 5.18. The van der Waals surface area contributed by atoms with Gasteiger partial charge in [-0.2, -0.15) is 0 Å². The van der Waals surface area contributed by atoms with Gasteiger partial charge in [0, 0.05) is 29.1 Å². The second-order valence-corrected chi connectivity index (χ2v) is 7.32. The maximum absolute atomic E-state index is 6.47. The van der Waals surface area contributed by atoms with Crippen molar-refractivity contribution in [1.82, 2.24) is 5.32 Å². The molecule has 0 unspecified atom stereocenters. The van der Waals surface area contributed by atoms with Gasteiger partial charge >= 0.3 is 0 Å². The van der Waals surface area contributed by atoms with Gasteiger partial charge in [0.05, 0.1) is 26.7 Å². The lowest BCUT2D eigenvalue weighted by Crippen LogP contribution is -3.11. The van der Waals surface area contributed by atoms with Crippen molar-refractivity contribution in [1.29, 1.82) is 0 Å². The molecule has 0 aromatic heterocycles. The lowest BCUT2D eigenvalue weighted by atomic mass is 10.1. The van der Waals surface area contributed by atoms with E-state index in [1.807, 2.05) is 36.4 Å². The lowest BCUT2D eigenvalue weighted by Gasteiger charge is -2.26. The molecule has 1 fully saturated rings. The standard InChI is InChI=1S/C20H24ClN3OS/c1-25-16-10-8-15(9-11-16)23-20(26)22-14-19(24-12-4-5-13-24)17-6-2-3-7-18(17)21/h2-3,6-11,19H,4-5,12-14H2,1H3,(H2,22,23,26)/p+1/t19-/m1/s1. The van der Waals surface area contributed by atoms with Crippen LogP contribution in [0.3, 0.4) is 0 Å². The first-order valence-corrected chi connectivity index (χ1v) is 9.74. The lowest BCUT2D eigenvalue weighted by molar-refractivity contribution is -0.918. The average molecular weight is 391 g/mol. The molecule has 2 aromatic rings. The number of thiocarbonyl (C=S) groups is 1. The second kappa shape index (κ2) is 9.21. The highest BCUT2D eigenvalue weighted by molar-refractivity contribution is 7.80. The molecule has 2 aromatic carbocycles. The van der Waals surface area contributed by atoms with Crippen LogP contribution in [0.4, 0.5) is 5.69 Å². The third kappa shape index (κ3) is 4.87. The minimum absolute atomic E-state index is 0.293. The zero-order valence-electron chi connectivity index (χ0n) is 14.9. The van der Waals surface area contributed by atoms with Gasteiger partial charge in [-0.25, -0.2) is 0 Å². The number of benzene rings is 2. The van der Waals surface area contributed by atoms with Crippen LogP contribution >= 0.6 is 23.8 Å². The van der Waals surface area contributed by atoms with Gasteiger partial charge in [0.25, 0.3) is 0 Å². The minimum Gasteiger partial charge on any atom is -0.497 e. The first-order chi connectivity index (χ1) is 12.7. The summed E-state index contributed by atoms with van der Waals surface area (Å²) in [5.41, 5.74) is 2.12. The second-order valence-electron chi connectivity index (χ2n) is 6.50. The van der Waals surface area contributed by atoms with Crippen molar-refractivity contribution in [2.45, 2.75) is 18.9 Å². The first-order valence-electron chi connectivity index (χ1n) is 8.95. The van der Waals surface area contributed by atoms with Crippen LogP contribution in [0.25, 0.3) is 0 Å². The maximum Gasteiger partial charge on any atom is 0.171 e. The predicted molar refractivity (Wildman–Crippen MR) is 111 cm³/mol. The molecule has 0 radical (unpaired) electrons. The molecular formula is C20H25ClN3OS+. The van der Waals surface area contributed by atoms with Gasteiger partial charge in [0.2, 0.25) is 0 Å². The van der Waals surface area contributed by atoms with Gasteiger partial charge in [-0.1, -0.05) is 29.8 Å². The largest absolute Gasteiger partial charge is 0.497 e. The van der Waals surface area contributed by atoms with Crippen molar-refractivity contribution in [3.05, 3.63) is 59.1 Å². The number of quaternary nitrogens is 1. The summed E-state index contributed by atoms with van der Waals surface area (Å²) in [5.74, 6) is 0.825. The molecule has 6 heteroatoms. The number of anilines is 1. The number of likely N-dealkylation sites (tertiary alicyclic amines) is 1. The highest BCUT2D eigenvalue weighted by Gasteiger charge is 2.28. The van der Waals surface area contributed by atoms with Gasteiger partial charge < -0.3 is 20.3 Å². The maximum atomic E-state index is 6.47. The third-order valence-corrected chi connectivity index (χ3v) is 5.42. The van der Waals surface area contributed by atoms with Crippen LogP contribution in [0, 0.1) is 0 Å². The molecule has 0 bridgehead atoms. The van der Waals surface area contributed by atoms with Gasteiger partial charge in [-0.05, 0) is 42.5 Å². The van der Waals surface area contributed by atoms with Gasteiger partial charge in [-0.15, -0.1) is 0 Å². The SMILES string of the molecule is COc1ccc(NC(=S)NC[C@H](c2ccccc2Cl)[NH+]2CCCC2)cc1. The molecule has 0 amide bonds. The summed E-state index contributed by atoms with van der Waals surface area (Å²) in [6, 6.07) is 16.1. The fourth-order valence-corrected chi connectivity index (χ4v) is 3.92. The topological polar surface area (TPSA) is 37.7 Å². The highest BCUT2D eigenvalue weighted by Crippen LogP contribution is 2.21. The highest BCUT2D eigenvalue weighted by atomic mass is 35.5. The van der Waals surface area contributed by atoms with Crippen LogP contribution in [-0.4, -0.2) is 31.9 Å². The summed E-state index contributed by atoms with van der Waals surface area (Å²) in [6.45, 7) is 3.10. The van der Waals surface area contributed by atoms with Crippen molar-refractivity contribution in [2.75, 3.05) is 32.1 Å². The number of nitrogens with one attached hydrogen (secondary N) is 3. The Labute approximate surface area is 165 Å². The summed E-state index contributed by atoms with van der Waals surface area (Å²) >= 11 is 11.9. The Bertz CT molecular complexity index is 732. The average Bonchev–Trinajstić information content (AvgIpc) is 3.18. The number of ether oxygens (including phenoxy) is 1. The number of hydrogen-bond acceptors (Lipinski definition) is 2. The first kappa shape index (κ1) is 19.0. The van der Waals surface area contributed by atoms with Crippen LogP contribution in [0.2, 0.25) is 5.02 Å². The van der Waals surface area contributed by atoms with Crippen LogP contribution in [0.1, 0.15) is 24.4 Å². The molecule has 3 rings (SSSR count). The Morgan fingerprint density at radius 1 is 1.15 bits per heavy atom. The fraction of sp³-hybridized carbons (Fsp3) is 0.350. The summed E-state index contributed by atoms with van der Waals surface area (Å²) in [7, 11) is 1.66. The van der Waals surface area contributed by atoms with E-state index in [0.717, 1.165) is 23.0 Å². The number of halogens is 1. The van der Waals surface area contributed by atoms with E-state index in [1.165, 1.54) is 31.5 Å². The smallest absolute Gasteiger partial charge is 0.171 e. The van der Waals surface area contributed by atoms with Crippen molar-refractivity contribution in [3.8, 4) is 5.75 Å². The molecule has 0 aliphatic carbocycles.